The van der Waals surface area contributed by atoms with Crippen molar-refractivity contribution in [3.05, 3.63) is 30.1 Å². The van der Waals surface area contributed by atoms with Crippen molar-refractivity contribution in [3.63, 3.8) is 0 Å². The van der Waals surface area contributed by atoms with Gasteiger partial charge in [-0.3, -0.25) is 4.40 Å². The van der Waals surface area contributed by atoms with Crippen LogP contribution in [0.4, 0.5) is 0 Å². The van der Waals surface area contributed by atoms with Gasteiger partial charge in [0.2, 0.25) is 0 Å². The number of nitrogens with zero attached hydrogens (tertiary/aromatic N) is 2. The monoisotopic (exact) mass is 268 g/mol. The summed E-state index contributed by atoms with van der Waals surface area (Å²) >= 11 is 1.11. The number of thioether (sulfide) groups is 1. The van der Waals surface area contributed by atoms with Crippen molar-refractivity contribution >= 4 is 23.4 Å². The van der Waals surface area contributed by atoms with Gasteiger partial charge in [0.05, 0.1) is 12.7 Å². The number of rotatable bonds is 5. The van der Waals surface area contributed by atoms with Crippen LogP contribution in [0, 0.1) is 0 Å². The molecule has 0 saturated carbocycles. The van der Waals surface area contributed by atoms with E-state index in [1.165, 1.54) is 4.40 Å². The molecule has 3 N–H and O–H groups in total. The third kappa shape index (κ3) is 2.47. The van der Waals surface area contributed by atoms with Crippen LogP contribution in [0.2, 0.25) is 0 Å². The fourth-order valence-corrected chi connectivity index (χ4v) is 2.43. The third-order valence-corrected chi connectivity index (χ3v) is 3.43. The standard InChI is InChI=1S/C11H12N2O4S/c14-5-7(15)6-18-10-9(11(16)17)13-4-2-1-3-8(13)12-10/h1-4,7,14-15H,5-6H2,(H,16,17). The van der Waals surface area contributed by atoms with Gasteiger partial charge >= 0.3 is 5.97 Å². The topological polar surface area (TPSA) is 95.1 Å². The maximum Gasteiger partial charge on any atom is 0.355 e. The molecular weight excluding hydrogens is 256 g/mol. The van der Waals surface area contributed by atoms with Crippen molar-refractivity contribution in [2.24, 2.45) is 0 Å². The van der Waals surface area contributed by atoms with Gasteiger partial charge in [-0.2, -0.15) is 0 Å². The van der Waals surface area contributed by atoms with Gasteiger partial charge in [0.25, 0.3) is 0 Å². The van der Waals surface area contributed by atoms with Crippen LogP contribution in [0.3, 0.4) is 0 Å². The van der Waals surface area contributed by atoms with Gasteiger partial charge in [-0.25, -0.2) is 9.78 Å². The number of aromatic carboxylic acids is 1. The average molecular weight is 268 g/mol. The number of aliphatic hydroxyl groups is 2. The minimum absolute atomic E-state index is 0.0701. The number of hydrogen-bond donors (Lipinski definition) is 3. The summed E-state index contributed by atoms with van der Waals surface area (Å²) < 4.78 is 1.48. The van der Waals surface area contributed by atoms with Crippen molar-refractivity contribution in [2.45, 2.75) is 11.1 Å². The summed E-state index contributed by atoms with van der Waals surface area (Å²) in [6, 6.07) is 5.20. The Morgan fingerprint density at radius 3 is 2.94 bits per heavy atom. The summed E-state index contributed by atoms with van der Waals surface area (Å²) in [5.74, 6) is -0.879. The van der Waals surface area contributed by atoms with Crippen LogP contribution >= 0.6 is 11.8 Å². The van der Waals surface area contributed by atoms with Gasteiger partial charge in [0.1, 0.15) is 10.7 Å². The second-order valence-corrected chi connectivity index (χ2v) is 4.66. The molecule has 0 aliphatic rings. The van der Waals surface area contributed by atoms with Crippen LogP contribution in [-0.4, -0.2) is 49.1 Å². The van der Waals surface area contributed by atoms with Gasteiger partial charge in [0.15, 0.2) is 5.69 Å². The molecule has 0 saturated heterocycles. The SMILES string of the molecule is O=C(O)c1c(SCC(O)CO)nc2ccccn12. The van der Waals surface area contributed by atoms with Crippen LogP contribution in [0.25, 0.3) is 5.65 Å². The van der Waals surface area contributed by atoms with Gasteiger partial charge < -0.3 is 15.3 Å². The Hall–Kier alpha value is -1.57. The third-order valence-electron chi connectivity index (χ3n) is 2.32. The van der Waals surface area contributed by atoms with Gasteiger partial charge in [-0.05, 0) is 12.1 Å². The lowest BCUT2D eigenvalue weighted by Crippen LogP contribution is -2.15. The number of carboxylic acid groups (broad SMARTS) is 1. The number of carbonyl (C=O) groups is 1. The summed E-state index contributed by atoms with van der Waals surface area (Å²) in [6.07, 6.45) is 0.736. The quantitative estimate of drug-likeness (QED) is 0.683. The Morgan fingerprint density at radius 1 is 1.50 bits per heavy atom. The van der Waals surface area contributed by atoms with Crippen LogP contribution in [0.15, 0.2) is 29.4 Å². The van der Waals surface area contributed by atoms with E-state index in [1.807, 2.05) is 0 Å². The lowest BCUT2D eigenvalue weighted by Gasteiger charge is -2.04. The van der Waals surface area contributed by atoms with Crippen LogP contribution in [0.1, 0.15) is 10.5 Å². The van der Waals surface area contributed by atoms with E-state index in [1.54, 1.807) is 24.4 Å². The van der Waals surface area contributed by atoms with Crippen molar-refractivity contribution in [3.8, 4) is 0 Å². The highest BCUT2D eigenvalue weighted by atomic mass is 32.2. The summed E-state index contributed by atoms with van der Waals surface area (Å²) in [4.78, 5) is 15.4. The highest BCUT2D eigenvalue weighted by molar-refractivity contribution is 7.99. The highest BCUT2D eigenvalue weighted by Crippen LogP contribution is 2.24. The summed E-state index contributed by atoms with van der Waals surface area (Å²) in [6.45, 7) is -0.358. The molecule has 2 heterocycles. The van der Waals surface area contributed by atoms with E-state index in [2.05, 4.69) is 4.98 Å². The second kappa shape index (κ2) is 5.38. The Balaban J connectivity index is 2.37. The van der Waals surface area contributed by atoms with E-state index in [0.717, 1.165) is 11.8 Å². The zero-order valence-corrected chi connectivity index (χ0v) is 10.2. The largest absolute Gasteiger partial charge is 0.476 e. The molecule has 2 rings (SSSR count). The Labute approximate surface area is 107 Å². The van der Waals surface area contributed by atoms with Gasteiger partial charge in [-0.15, -0.1) is 11.8 Å². The zero-order valence-electron chi connectivity index (χ0n) is 9.35. The van der Waals surface area contributed by atoms with Crippen LogP contribution < -0.4 is 0 Å². The molecular formula is C11H12N2O4S. The minimum atomic E-state index is -1.07. The number of carboxylic acids is 1. The summed E-state index contributed by atoms with van der Waals surface area (Å²) in [7, 11) is 0. The lowest BCUT2D eigenvalue weighted by atomic mass is 10.4. The average Bonchev–Trinajstić information content (AvgIpc) is 2.74. The van der Waals surface area contributed by atoms with Crippen molar-refractivity contribution in [1.82, 2.24) is 9.38 Å². The van der Waals surface area contributed by atoms with Crippen molar-refractivity contribution in [1.29, 1.82) is 0 Å². The van der Waals surface area contributed by atoms with Crippen LogP contribution in [0.5, 0.6) is 0 Å². The number of fused-ring (bicyclic) bond motifs is 1. The lowest BCUT2D eigenvalue weighted by molar-refractivity contribution is 0.0685. The second-order valence-electron chi connectivity index (χ2n) is 3.65. The number of aliphatic hydroxyl groups excluding tert-OH is 2. The molecule has 1 unspecified atom stereocenters. The molecule has 0 aromatic carbocycles. The summed E-state index contributed by atoms with van der Waals surface area (Å²) in [5, 5.41) is 27.5. The maximum absolute atomic E-state index is 11.2. The fraction of sp³-hybridized carbons (Fsp3) is 0.273. The molecule has 96 valence electrons. The minimum Gasteiger partial charge on any atom is -0.476 e. The molecule has 0 bridgehead atoms. The number of pyridine rings is 1. The predicted octanol–water partition coefficient (Wildman–Crippen LogP) is 0.478. The first-order valence-electron chi connectivity index (χ1n) is 5.25. The first-order chi connectivity index (χ1) is 8.63. The van der Waals surface area contributed by atoms with E-state index < -0.39 is 12.1 Å². The fourth-order valence-electron chi connectivity index (χ4n) is 1.50. The first-order valence-corrected chi connectivity index (χ1v) is 6.24. The van der Waals surface area contributed by atoms with E-state index >= 15 is 0 Å². The molecule has 0 spiro atoms. The highest BCUT2D eigenvalue weighted by Gasteiger charge is 2.19. The maximum atomic E-state index is 11.2. The molecule has 0 fully saturated rings. The predicted molar refractivity (Wildman–Crippen MR) is 66.0 cm³/mol. The molecule has 1 atom stereocenters. The molecule has 7 heteroatoms. The number of hydrogen-bond acceptors (Lipinski definition) is 5. The Kier molecular flexibility index (Phi) is 3.85. The molecule has 2 aromatic rings. The molecule has 0 amide bonds. The zero-order chi connectivity index (χ0) is 13.1. The number of imidazole rings is 1. The smallest absolute Gasteiger partial charge is 0.355 e. The molecule has 0 radical (unpaired) electrons. The molecule has 0 aliphatic heterocycles. The first kappa shape index (κ1) is 12.9. The van der Waals surface area contributed by atoms with Gasteiger partial charge in [-0.1, -0.05) is 6.07 Å². The van der Waals surface area contributed by atoms with E-state index in [9.17, 15) is 15.0 Å². The molecule has 6 nitrogen and oxygen atoms in total. The molecule has 18 heavy (non-hydrogen) atoms. The molecule has 0 aliphatic carbocycles. The van der Waals surface area contributed by atoms with E-state index in [-0.39, 0.29) is 18.1 Å². The Morgan fingerprint density at radius 2 is 2.28 bits per heavy atom. The normalized spacial score (nSPS) is 12.8. The van der Waals surface area contributed by atoms with Gasteiger partial charge in [0, 0.05) is 11.9 Å². The summed E-state index contributed by atoms with van der Waals surface area (Å²) in [5.41, 5.74) is 0.608. The molecule has 2 aromatic heterocycles. The van der Waals surface area contributed by atoms with Crippen molar-refractivity contribution < 1.29 is 20.1 Å². The van der Waals surface area contributed by atoms with E-state index in [4.69, 9.17) is 5.11 Å². The van der Waals surface area contributed by atoms with E-state index in [0.29, 0.717) is 10.7 Å². The Bertz CT molecular complexity index is 569. The number of aromatic nitrogens is 2. The van der Waals surface area contributed by atoms with Crippen molar-refractivity contribution in [2.75, 3.05) is 12.4 Å². The van der Waals surface area contributed by atoms with Crippen LogP contribution in [-0.2, 0) is 0 Å².